The molecule has 1 N–H and O–H groups in total. The van der Waals surface area contributed by atoms with E-state index in [4.69, 9.17) is 0 Å². The molecule has 1 heterocycles. The second-order valence-electron chi connectivity index (χ2n) is 3.85. The molecule has 1 radical (unpaired) electrons. The summed E-state index contributed by atoms with van der Waals surface area (Å²) >= 11 is 0. The topological polar surface area (TPSA) is 18.5 Å². The quantitative estimate of drug-likeness (QED) is 0.695. The molecule has 0 aliphatic carbocycles. The molecule has 1 rings (SSSR count). The Morgan fingerprint density at radius 3 is 2.31 bits per heavy atom. The molecule has 0 amide bonds. The molecular formula is C10H22N3. The molecule has 3 nitrogen and oxygen atoms in total. The Bertz CT molecular complexity index is 128. The van der Waals surface area contributed by atoms with Crippen molar-refractivity contribution in [2.75, 3.05) is 32.7 Å². The Morgan fingerprint density at radius 1 is 1.23 bits per heavy atom. The van der Waals surface area contributed by atoms with Crippen LogP contribution >= 0.6 is 0 Å². The standard InChI is InChI=1S/C10H22N3/c1-4-11-9-12-5-7-13(8-6-12)10(2)3/h9-11H,4-8H2,1-3H3. The van der Waals surface area contributed by atoms with Crippen molar-refractivity contribution in [2.24, 2.45) is 0 Å². The maximum atomic E-state index is 3.24. The summed E-state index contributed by atoms with van der Waals surface area (Å²) in [5.41, 5.74) is 0. The Morgan fingerprint density at radius 2 is 1.85 bits per heavy atom. The minimum atomic E-state index is 0.696. The van der Waals surface area contributed by atoms with Gasteiger partial charge in [0.25, 0.3) is 0 Å². The maximum absolute atomic E-state index is 3.24. The molecule has 0 aromatic heterocycles. The summed E-state index contributed by atoms with van der Waals surface area (Å²) in [7, 11) is 0. The average molecular weight is 184 g/mol. The maximum Gasteiger partial charge on any atom is 0.0894 e. The van der Waals surface area contributed by atoms with Gasteiger partial charge in [0.2, 0.25) is 0 Å². The van der Waals surface area contributed by atoms with Gasteiger partial charge in [-0.1, -0.05) is 6.92 Å². The van der Waals surface area contributed by atoms with Gasteiger partial charge in [-0.2, -0.15) is 0 Å². The van der Waals surface area contributed by atoms with E-state index >= 15 is 0 Å². The molecule has 3 heteroatoms. The highest BCUT2D eigenvalue weighted by atomic mass is 15.3. The zero-order valence-corrected chi connectivity index (χ0v) is 9.08. The highest BCUT2D eigenvalue weighted by Crippen LogP contribution is 2.05. The Hall–Kier alpha value is -0.120. The number of rotatable bonds is 4. The van der Waals surface area contributed by atoms with E-state index in [-0.39, 0.29) is 0 Å². The summed E-state index contributed by atoms with van der Waals surface area (Å²) in [5, 5.41) is 3.24. The highest BCUT2D eigenvalue weighted by Gasteiger charge is 2.17. The van der Waals surface area contributed by atoms with Crippen molar-refractivity contribution in [1.82, 2.24) is 15.1 Å². The summed E-state index contributed by atoms with van der Waals surface area (Å²) in [5.74, 6) is 0. The first-order chi connectivity index (χ1) is 6.24. The van der Waals surface area contributed by atoms with Crippen LogP contribution < -0.4 is 5.32 Å². The molecule has 1 saturated heterocycles. The summed E-state index contributed by atoms with van der Waals surface area (Å²) < 4.78 is 0. The van der Waals surface area contributed by atoms with E-state index < -0.39 is 0 Å². The van der Waals surface area contributed by atoms with Crippen molar-refractivity contribution >= 4 is 0 Å². The number of hydrogen-bond donors (Lipinski definition) is 1. The van der Waals surface area contributed by atoms with Crippen molar-refractivity contribution in [3.8, 4) is 0 Å². The number of nitrogens with one attached hydrogen (secondary N) is 1. The minimum absolute atomic E-state index is 0.696. The van der Waals surface area contributed by atoms with E-state index in [9.17, 15) is 0 Å². The van der Waals surface area contributed by atoms with Crippen molar-refractivity contribution in [1.29, 1.82) is 0 Å². The van der Waals surface area contributed by atoms with Crippen LogP contribution in [-0.2, 0) is 0 Å². The summed E-state index contributed by atoms with van der Waals surface area (Å²) in [6.07, 6.45) is 0. The molecule has 13 heavy (non-hydrogen) atoms. The molecule has 0 atom stereocenters. The molecule has 0 bridgehead atoms. The van der Waals surface area contributed by atoms with Crippen LogP contribution in [0.3, 0.4) is 0 Å². The highest BCUT2D eigenvalue weighted by molar-refractivity contribution is 4.77. The van der Waals surface area contributed by atoms with Gasteiger partial charge < -0.3 is 0 Å². The van der Waals surface area contributed by atoms with Crippen LogP contribution in [-0.4, -0.2) is 48.6 Å². The van der Waals surface area contributed by atoms with Gasteiger partial charge in [-0.25, -0.2) is 0 Å². The number of nitrogens with zero attached hydrogens (tertiary/aromatic N) is 2. The summed E-state index contributed by atoms with van der Waals surface area (Å²) in [6.45, 7) is 14.5. The van der Waals surface area contributed by atoms with Crippen molar-refractivity contribution in [3.05, 3.63) is 6.67 Å². The van der Waals surface area contributed by atoms with E-state index in [1.807, 2.05) is 0 Å². The third-order valence-corrected chi connectivity index (χ3v) is 2.56. The molecule has 0 aromatic rings. The fourth-order valence-electron chi connectivity index (χ4n) is 1.60. The van der Waals surface area contributed by atoms with Crippen LogP contribution in [0.1, 0.15) is 20.8 Å². The fourth-order valence-corrected chi connectivity index (χ4v) is 1.60. The first kappa shape index (κ1) is 11.0. The zero-order valence-electron chi connectivity index (χ0n) is 9.08. The van der Waals surface area contributed by atoms with E-state index in [1.165, 1.54) is 13.1 Å². The van der Waals surface area contributed by atoms with E-state index in [1.54, 1.807) is 0 Å². The van der Waals surface area contributed by atoms with Gasteiger partial charge in [-0.05, 0) is 20.4 Å². The first-order valence-electron chi connectivity index (χ1n) is 5.29. The SMILES string of the molecule is CCN[CH]N1CCN(C(C)C)CC1. The van der Waals surface area contributed by atoms with E-state index in [0.29, 0.717) is 6.04 Å². The molecule has 1 aliphatic heterocycles. The van der Waals surface area contributed by atoms with Crippen molar-refractivity contribution < 1.29 is 0 Å². The summed E-state index contributed by atoms with van der Waals surface area (Å²) in [6, 6.07) is 0.696. The second kappa shape index (κ2) is 5.58. The number of piperazine rings is 1. The van der Waals surface area contributed by atoms with Crippen LogP contribution in [0.25, 0.3) is 0 Å². The lowest BCUT2D eigenvalue weighted by molar-refractivity contribution is 0.122. The third-order valence-electron chi connectivity index (χ3n) is 2.56. The van der Waals surface area contributed by atoms with E-state index in [0.717, 1.165) is 19.6 Å². The Labute approximate surface area is 82.1 Å². The summed E-state index contributed by atoms with van der Waals surface area (Å²) in [4.78, 5) is 4.89. The van der Waals surface area contributed by atoms with Crippen LogP contribution in [0.2, 0.25) is 0 Å². The van der Waals surface area contributed by atoms with Crippen LogP contribution in [0, 0.1) is 6.67 Å². The van der Waals surface area contributed by atoms with Crippen LogP contribution in [0.4, 0.5) is 0 Å². The molecule has 1 aliphatic rings. The molecule has 0 saturated carbocycles. The molecule has 0 unspecified atom stereocenters. The normalized spacial score (nSPS) is 21.2. The molecule has 0 spiro atoms. The van der Waals surface area contributed by atoms with Crippen LogP contribution in [0.15, 0.2) is 0 Å². The van der Waals surface area contributed by atoms with Gasteiger partial charge in [0, 0.05) is 32.2 Å². The average Bonchev–Trinajstić information content (AvgIpc) is 2.15. The van der Waals surface area contributed by atoms with Crippen molar-refractivity contribution in [3.63, 3.8) is 0 Å². The predicted molar refractivity (Wildman–Crippen MR) is 56.3 cm³/mol. The zero-order chi connectivity index (χ0) is 9.68. The van der Waals surface area contributed by atoms with Gasteiger partial charge in [0.1, 0.15) is 0 Å². The van der Waals surface area contributed by atoms with Crippen molar-refractivity contribution in [2.45, 2.75) is 26.8 Å². The van der Waals surface area contributed by atoms with Gasteiger partial charge in [0.05, 0.1) is 6.67 Å². The molecular weight excluding hydrogens is 162 g/mol. The lowest BCUT2D eigenvalue weighted by Gasteiger charge is -2.36. The smallest absolute Gasteiger partial charge is 0.0894 e. The lowest BCUT2D eigenvalue weighted by Crippen LogP contribution is -2.49. The van der Waals surface area contributed by atoms with Gasteiger partial charge in [-0.3, -0.25) is 15.1 Å². The monoisotopic (exact) mass is 184 g/mol. The molecule has 77 valence electrons. The van der Waals surface area contributed by atoms with Crippen LogP contribution in [0.5, 0.6) is 0 Å². The number of hydrogen-bond acceptors (Lipinski definition) is 3. The van der Waals surface area contributed by atoms with Gasteiger partial charge in [0.15, 0.2) is 0 Å². The molecule has 1 fully saturated rings. The third kappa shape index (κ3) is 3.63. The van der Waals surface area contributed by atoms with E-state index in [2.05, 4.69) is 42.6 Å². The molecule has 0 aromatic carbocycles. The second-order valence-corrected chi connectivity index (χ2v) is 3.85. The first-order valence-corrected chi connectivity index (χ1v) is 5.29. The van der Waals surface area contributed by atoms with Gasteiger partial charge >= 0.3 is 0 Å². The van der Waals surface area contributed by atoms with Gasteiger partial charge in [-0.15, -0.1) is 0 Å². The minimum Gasteiger partial charge on any atom is -0.300 e. The fraction of sp³-hybridized carbons (Fsp3) is 0.900. The Balaban J connectivity index is 2.15. The Kier molecular flexibility index (Phi) is 4.70. The predicted octanol–water partition coefficient (Wildman–Crippen LogP) is 0.741. The lowest BCUT2D eigenvalue weighted by atomic mass is 10.2. The largest absolute Gasteiger partial charge is 0.300 e.